The van der Waals surface area contributed by atoms with Gasteiger partial charge in [-0.25, -0.2) is 0 Å². The van der Waals surface area contributed by atoms with Crippen LogP contribution in [-0.4, -0.2) is 6.61 Å². The Morgan fingerprint density at radius 1 is 1.25 bits per heavy atom. The molecule has 0 unspecified atom stereocenters. The van der Waals surface area contributed by atoms with Crippen LogP contribution in [0.1, 0.15) is 38.7 Å². The van der Waals surface area contributed by atoms with Crippen molar-refractivity contribution in [3.63, 3.8) is 0 Å². The summed E-state index contributed by atoms with van der Waals surface area (Å²) in [6, 6.07) is 5.69. The van der Waals surface area contributed by atoms with E-state index in [-0.39, 0.29) is 5.41 Å². The first-order valence-electron chi connectivity index (χ1n) is 6.47. The minimum atomic E-state index is -0.279. The molecule has 1 rings (SSSR count). The van der Waals surface area contributed by atoms with Gasteiger partial charge in [-0.05, 0) is 45.2 Å². The normalized spacial score (nSPS) is 11.2. The number of benzene rings is 1. The van der Waals surface area contributed by atoms with E-state index >= 15 is 0 Å². The van der Waals surface area contributed by atoms with Gasteiger partial charge in [0.25, 0.3) is 0 Å². The predicted molar refractivity (Wildman–Crippen MR) is 84.8 cm³/mol. The summed E-state index contributed by atoms with van der Waals surface area (Å²) in [6.45, 7) is 4.43. The molecule has 0 aliphatic heterocycles. The Hall–Kier alpha value is -0.620. The van der Waals surface area contributed by atoms with Crippen molar-refractivity contribution in [2.45, 2.75) is 39.0 Å². The molecule has 5 heteroatoms. The first-order valence-corrected chi connectivity index (χ1v) is 7.76. The molecular weight excluding hydrogens is 317 g/mol. The van der Waals surface area contributed by atoms with Gasteiger partial charge in [0.2, 0.25) is 0 Å². The van der Waals surface area contributed by atoms with Crippen molar-refractivity contribution in [2.75, 3.05) is 6.61 Å². The zero-order chi connectivity index (χ0) is 15.2. The summed E-state index contributed by atoms with van der Waals surface area (Å²) in [5, 5.41) is 9.96. The monoisotopic (exact) mass is 333 g/mol. The summed E-state index contributed by atoms with van der Waals surface area (Å²) in [7, 11) is 0. The van der Waals surface area contributed by atoms with Crippen molar-refractivity contribution in [2.24, 2.45) is 5.41 Å². The van der Waals surface area contributed by atoms with E-state index in [2.05, 4.69) is 6.07 Å². The second kappa shape index (κ2) is 7.98. The van der Waals surface area contributed by atoms with Crippen molar-refractivity contribution in [1.29, 1.82) is 5.26 Å². The first-order chi connectivity index (χ1) is 9.39. The SMILES string of the molecule is CC(C)(C#N)CCCCOc1c(Cl)cc(Cl)cc1CCl. The molecule has 110 valence electrons. The molecule has 0 fully saturated rings. The van der Waals surface area contributed by atoms with Crippen LogP contribution < -0.4 is 4.74 Å². The van der Waals surface area contributed by atoms with Gasteiger partial charge in [0.1, 0.15) is 5.75 Å². The highest BCUT2D eigenvalue weighted by Gasteiger charge is 2.15. The second-order valence-corrected chi connectivity index (χ2v) is 6.42. The van der Waals surface area contributed by atoms with Gasteiger partial charge in [0, 0.05) is 10.6 Å². The predicted octanol–water partition coefficient (Wildman–Crippen LogP) is 5.83. The summed E-state index contributed by atoms with van der Waals surface area (Å²) in [6.07, 6.45) is 2.65. The van der Waals surface area contributed by atoms with Crippen LogP contribution in [0.15, 0.2) is 12.1 Å². The molecule has 0 amide bonds. The molecule has 0 N–H and O–H groups in total. The zero-order valence-electron chi connectivity index (χ0n) is 11.7. The molecule has 1 aromatic rings. The number of nitrogens with zero attached hydrogens (tertiary/aromatic N) is 1. The number of unbranched alkanes of at least 4 members (excludes halogenated alkanes) is 1. The summed E-state index contributed by atoms with van der Waals surface area (Å²) >= 11 is 17.9. The molecule has 2 nitrogen and oxygen atoms in total. The third kappa shape index (κ3) is 5.40. The Morgan fingerprint density at radius 2 is 1.95 bits per heavy atom. The van der Waals surface area contributed by atoms with E-state index in [9.17, 15) is 0 Å². The Balaban J connectivity index is 2.49. The molecule has 0 saturated heterocycles. The van der Waals surface area contributed by atoms with E-state index in [1.165, 1.54) is 0 Å². The van der Waals surface area contributed by atoms with Gasteiger partial charge in [-0.3, -0.25) is 0 Å². The number of nitriles is 1. The topological polar surface area (TPSA) is 33.0 Å². The lowest BCUT2D eigenvalue weighted by molar-refractivity contribution is 0.293. The maximum Gasteiger partial charge on any atom is 0.142 e. The van der Waals surface area contributed by atoms with Crippen molar-refractivity contribution in [1.82, 2.24) is 0 Å². The van der Waals surface area contributed by atoms with Gasteiger partial charge in [-0.1, -0.05) is 23.2 Å². The highest BCUT2D eigenvalue weighted by atomic mass is 35.5. The Bertz CT molecular complexity index is 495. The summed E-state index contributed by atoms with van der Waals surface area (Å²) in [5.74, 6) is 0.905. The lowest BCUT2D eigenvalue weighted by Gasteiger charge is -2.15. The zero-order valence-corrected chi connectivity index (χ0v) is 13.9. The minimum Gasteiger partial charge on any atom is -0.492 e. The third-order valence-electron chi connectivity index (χ3n) is 2.97. The minimum absolute atomic E-state index is 0.279. The van der Waals surface area contributed by atoms with Crippen LogP contribution in [0, 0.1) is 16.7 Å². The number of hydrogen-bond donors (Lipinski definition) is 0. The van der Waals surface area contributed by atoms with E-state index < -0.39 is 0 Å². The molecule has 0 saturated carbocycles. The van der Waals surface area contributed by atoms with E-state index in [1.54, 1.807) is 12.1 Å². The van der Waals surface area contributed by atoms with Gasteiger partial charge in [0.05, 0.1) is 29.0 Å². The van der Waals surface area contributed by atoms with E-state index in [4.69, 9.17) is 44.8 Å². The van der Waals surface area contributed by atoms with Crippen LogP contribution in [0.5, 0.6) is 5.75 Å². The molecule has 0 aliphatic carbocycles. The number of rotatable bonds is 7. The van der Waals surface area contributed by atoms with Crippen LogP contribution in [0.3, 0.4) is 0 Å². The smallest absolute Gasteiger partial charge is 0.142 e. The quantitative estimate of drug-likeness (QED) is 0.464. The molecule has 0 aromatic heterocycles. The number of ether oxygens (including phenoxy) is 1. The molecule has 0 radical (unpaired) electrons. The van der Waals surface area contributed by atoms with E-state index in [0.29, 0.717) is 28.3 Å². The molecular formula is C15H18Cl3NO. The van der Waals surface area contributed by atoms with E-state index in [0.717, 1.165) is 24.8 Å². The first kappa shape index (κ1) is 17.4. The number of halogens is 3. The van der Waals surface area contributed by atoms with Crippen LogP contribution in [-0.2, 0) is 5.88 Å². The second-order valence-electron chi connectivity index (χ2n) is 5.31. The van der Waals surface area contributed by atoms with Crippen LogP contribution >= 0.6 is 34.8 Å². The lowest BCUT2D eigenvalue weighted by Crippen LogP contribution is -2.08. The van der Waals surface area contributed by atoms with Crippen LogP contribution in [0.4, 0.5) is 0 Å². The van der Waals surface area contributed by atoms with Gasteiger partial charge in [0.15, 0.2) is 0 Å². The van der Waals surface area contributed by atoms with Crippen molar-refractivity contribution < 1.29 is 4.74 Å². The van der Waals surface area contributed by atoms with Gasteiger partial charge >= 0.3 is 0 Å². The van der Waals surface area contributed by atoms with Crippen molar-refractivity contribution >= 4 is 34.8 Å². The number of hydrogen-bond acceptors (Lipinski definition) is 2. The highest BCUT2D eigenvalue weighted by molar-refractivity contribution is 6.35. The summed E-state index contributed by atoms with van der Waals surface area (Å²) in [4.78, 5) is 0. The Kier molecular flexibility index (Phi) is 6.95. The number of alkyl halides is 1. The Labute approximate surface area is 135 Å². The van der Waals surface area contributed by atoms with E-state index in [1.807, 2.05) is 13.8 Å². The molecule has 0 atom stereocenters. The summed E-state index contributed by atoms with van der Waals surface area (Å²) < 4.78 is 5.70. The standard InChI is InChI=1S/C15H18Cl3NO/c1-15(2,10-19)5-3-4-6-20-14-11(9-16)7-12(17)8-13(14)18/h7-8H,3-6,9H2,1-2H3. The lowest BCUT2D eigenvalue weighted by atomic mass is 9.89. The Morgan fingerprint density at radius 3 is 2.55 bits per heavy atom. The van der Waals surface area contributed by atoms with Crippen molar-refractivity contribution in [3.05, 3.63) is 27.7 Å². The van der Waals surface area contributed by atoms with Gasteiger partial charge in [-0.2, -0.15) is 5.26 Å². The maximum atomic E-state index is 8.93. The molecule has 0 spiro atoms. The maximum absolute atomic E-state index is 8.93. The highest BCUT2D eigenvalue weighted by Crippen LogP contribution is 2.33. The molecule has 0 heterocycles. The van der Waals surface area contributed by atoms with Crippen LogP contribution in [0.25, 0.3) is 0 Å². The van der Waals surface area contributed by atoms with Crippen molar-refractivity contribution in [3.8, 4) is 11.8 Å². The molecule has 20 heavy (non-hydrogen) atoms. The van der Waals surface area contributed by atoms with Gasteiger partial charge < -0.3 is 4.74 Å². The average Bonchev–Trinajstić information content (AvgIpc) is 2.39. The fraction of sp³-hybridized carbons (Fsp3) is 0.533. The van der Waals surface area contributed by atoms with Gasteiger partial charge in [-0.15, -0.1) is 11.6 Å². The third-order valence-corrected chi connectivity index (χ3v) is 3.76. The fourth-order valence-electron chi connectivity index (χ4n) is 1.77. The molecule has 0 aliphatic rings. The largest absolute Gasteiger partial charge is 0.492 e. The average molecular weight is 335 g/mol. The van der Waals surface area contributed by atoms with Crippen LogP contribution in [0.2, 0.25) is 10.0 Å². The summed E-state index contributed by atoms with van der Waals surface area (Å²) in [5.41, 5.74) is 0.515. The molecule has 1 aromatic carbocycles. The fourth-order valence-corrected chi connectivity index (χ4v) is 2.56. The molecule has 0 bridgehead atoms.